The van der Waals surface area contributed by atoms with E-state index in [4.69, 9.17) is 0 Å². The quantitative estimate of drug-likeness (QED) is 0.353. The Morgan fingerprint density at radius 1 is 1.19 bits per heavy atom. The highest BCUT2D eigenvalue weighted by atomic mass is 127. The number of benzene rings is 2. The van der Waals surface area contributed by atoms with Gasteiger partial charge in [0.25, 0.3) is 11.8 Å². The summed E-state index contributed by atoms with van der Waals surface area (Å²) in [5.74, 6) is -1.07. The van der Waals surface area contributed by atoms with Gasteiger partial charge < -0.3 is 10.2 Å². The molecule has 8 heteroatoms. The molecule has 7 nitrogen and oxygen atoms in total. The molecule has 2 N–H and O–H groups in total. The Morgan fingerprint density at radius 3 is 2.74 bits per heavy atom. The lowest BCUT2D eigenvalue weighted by Crippen LogP contribution is -2.52. The van der Waals surface area contributed by atoms with E-state index in [9.17, 15) is 19.2 Å². The molecule has 160 valence electrons. The molecule has 2 aliphatic rings. The largest absolute Gasteiger partial charge is 0.348 e. The topological polar surface area (TPSA) is 95.6 Å². The number of nitrogens with one attached hydrogen (secondary N) is 2. The van der Waals surface area contributed by atoms with Crippen LogP contribution in [-0.4, -0.2) is 34.6 Å². The lowest BCUT2D eigenvalue weighted by atomic mass is 10.0. The number of aryl methyl sites for hydroxylation is 1. The minimum absolute atomic E-state index is 0.146. The van der Waals surface area contributed by atoms with Gasteiger partial charge in [-0.15, -0.1) is 0 Å². The van der Waals surface area contributed by atoms with Gasteiger partial charge in [0.2, 0.25) is 11.8 Å². The first-order chi connectivity index (χ1) is 14.9. The highest BCUT2D eigenvalue weighted by molar-refractivity contribution is 14.1. The van der Waals surface area contributed by atoms with Crippen LogP contribution in [0.25, 0.3) is 0 Å². The third-order valence-corrected chi connectivity index (χ3v) is 6.62. The zero-order chi connectivity index (χ0) is 22.1. The van der Waals surface area contributed by atoms with Crippen LogP contribution in [0.15, 0.2) is 36.4 Å². The van der Waals surface area contributed by atoms with E-state index in [1.807, 2.05) is 37.3 Å². The average Bonchev–Trinajstić information content (AvgIpc) is 3.08. The Bertz CT molecular complexity index is 1100. The smallest absolute Gasteiger partial charge is 0.255 e. The molecule has 2 aromatic rings. The molecule has 31 heavy (non-hydrogen) atoms. The summed E-state index contributed by atoms with van der Waals surface area (Å²) in [5, 5.41) is 5.24. The number of carbonyl (C=O) groups is 4. The molecule has 2 aromatic carbocycles. The summed E-state index contributed by atoms with van der Waals surface area (Å²) >= 11 is 2.28. The first-order valence-electron chi connectivity index (χ1n) is 10.1. The predicted octanol–water partition coefficient (Wildman–Crippen LogP) is 2.62. The number of amides is 4. The molecule has 0 saturated carbocycles. The van der Waals surface area contributed by atoms with E-state index in [1.54, 1.807) is 6.07 Å². The number of halogens is 1. The lowest BCUT2D eigenvalue weighted by Gasteiger charge is -2.29. The summed E-state index contributed by atoms with van der Waals surface area (Å²) in [6.07, 6.45) is 0.565. The van der Waals surface area contributed by atoms with Crippen LogP contribution in [0.2, 0.25) is 0 Å². The first kappa shape index (κ1) is 21.5. The fourth-order valence-corrected chi connectivity index (χ4v) is 4.80. The minimum Gasteiger partial charge on any atom is -0.348 e. The van der Waals surface area contributed by atoms with E-state index < -0.39 is 11.9 Å². The molecule has 1 unspecified atom stereocenters. The van der Waals surface area contributed by atoms with E-state index >= 15 is 0 Å². The van der Waals surface area contributed by atoms with Gasteiger partial charge in [0, 0.05) is 35.1 Å². The number of alkyl halides is 1. The molecule has 4 amide bonds. The van der Waals surface area contributed by atoms with Crippen LogP contribution in [0.3, 0.4) is 0 Å². The second-order valence-electron chi connectivity index (χ2n) is 7.85. The summed E-state index contributed by atoms with van der Waals surface area (Å²) < 4.78 is 0.841. The zero-order valence-electron chi connectivity index (χ0n) is 17.0. The molecule has 1 atom stereocenters. The highest BCUT2D eigenvalue weighted by Gasteiger charge is 2.39. The van der Waals surface area contributed by atoms with Crippen molar-refractivity contribution in [2.24, 2.45) is 0 Å². The molecule has 2 heterocycles. The molecule has 0 spiro atoms. The Morgan fingerprint density at radius 2 is 2.00 bits per heavy atom. The van der Waals surface area contributed by atoms with Crippen molar-refractivity contribution in [3.63, 3.8) is 0 Å². The van der Waals surface area contributed by atoms with Crippen molar-refractivity contribution in [2.75, 3.05) is 0 Å². The van der Waals surface area contributed by atoms with E-state index in [1.165, 1.54) is 4.90 Å². The Labute approximate surface area is 193 Å². The second kappa shape index (κ2) is 8.78. The summed E-state index contributed by atoms with van der Waals surface area (Å²) in [6, 6.07) is 10.5. The molecule has 0 radical (unpaired) electrons. The summed E-state index contributed by atoms with van der Waals surface area (Å²) in [4.78, 5) is 50.4. The maximum Gasteiger partial charge on any atom is 0.255 e. The van der Waals surface area contributed by atoms with Gasteiger partial charge >= 0.3 is 0 Å². The summed E-state index contributed by atoms with van der Waals surface area (Å²) in [6.45, 7) is 2.69. The molecule has 2 aliphatic heterocycles. The number of nitrogens with zero attached hydrogens (tertiary/aromatic N) is 1. The molecular weight excluding hydrogens is 509 g/mol. The van der Waals surface area contributed by atoms with Gasteiger partial charge in [0.05, 0.1) is 0 Å². The van der Waals surface area contributed by atoms with Crippen LogP contribution in [-0.2, 0) is 27.1 Å². The maximum absolute atomic E-state index is 12.8. The second-order valence-corrected chi connectivity index (χ2v) is 8.61. The molecular formula is C23H22IN3O4. The molecule has 0 aromatic heterocycles. The van der Waals surface area contributed by atoms with Crippen molar-refractivity contribution >= 4 is 46.2 Å². The fraction of sp³-hybridized carbons (Fsp3) is 0.304. The zero-order valence-corrected chi connectivity index (χ0v) is 19.2. The van der Waals surface area contributed by atoms with Gasteiger partial charge in [-0.25, -0.2) is 0 Å². The van der Waals surface area contributed by atoms with E-state index in [2.05, 4.69) is 33.2 Å². The highest BCUT2D eigenvalue weighted by Crippen LogP contribution is 2.28. The van der Waals surface area contributed by atoms with Crippen molar-refractivity contribution < 1.29 is 19.2 Å². The van der Waals surface area contributed by atoms with Crippen LogP contribution in [0, 0.1) is 6.92 Å². The lowest BCUT2D eigenvalue weighted by molar-refractivity contribution is -0.136. The normalized spacial score (nSPS) is 18.1. The third kappa shape index (κ3) is 4.34. The van der Waals surface area contributed by atoms with Crippen molar-refractivity contribution in [1.82, 2.24) is 15.5 Å². The Kier molecular flexibility index (Phi) is 6.08. The molecule has 0 aliphatic carbocycles. The summed E-state index contributed by atoms with van der Waals surface area (Å²) in [5.41, 5.74) is 5.19. The number of hydrogen-bond acceptors (Lipinski definition) is 4. The third-order valence-electron chi connectivity index (χ3n) is 5.80. The molecule has 1 fully saturated rings. The molecule has 4 rings (SSSR count). The van der Waals surface area contributed by atoms with Gasteiger partial charge in [-0.2, -0.15) is 0 Å². The van der Waals surface area contributed by atoms with Crippen LogP contribution < -0.4 is 10.6 Å². The number of imide groups is 1. The van der Waals surface area contributed by atoms with Crippen molar-refractivity contribution in [3.8, 4) is 0 Å². The van der Waals surface area contributed by atoms with Crippen LogP contribution in [0.5, 0.6) is 0 Å². The minimum atomic E-state index is -0.630. The van der Waals surface area contributed by atoms with Gasteiger partial charge in [-0.05, 0) is 53.8 Å². The van der Waals surface area contributed by atoms with Gasteiger partial charge in [0.15, 0.2) is 0 Å². The standard InChI is InChI=1S/C23H22IN3O4/c1-13-2-4-15(9-16(13)10-24)21(29)25-11-14-3-5-18-17(8-14)12-27(23(18)31)19-6-7-20(28)26-22(19)30/h2-5,8-9,19H,6-7,10-12H2,1H3,(H,25,29)(H,26,28,30). The van der Waals surface area contributed by atoms with Crippen LogP contribution in [0.1, 0.15) is 55.8 Å². The van der Waals surface area contributed by atoms with Crippen molar-refractivity contribution in [3.05, 3.63) is 69.8 Å². The maximum atomic E-state index is 12.8. The molecule has 1 saturated heterocycles. The van der Waals surface area contributed by atoms with E-state index in [0.29, 0.717) is 30.6 Å². The first-order valence-corrected chi connectivity index (χ1v) is 11.6. The Hall–Kier alpha value is -2.75. The number of rotatable bonds is 5. The van der Waals surface area contributed by atoms with Gasteiger partial charge in [-0.3, -0.25) is 24.5 Å². The van der Waals surface area contributed by atoms with Crippen molar-refractivity contribution in [2.45, 2.75) is 43.3 Å². The van der Waals surface area contributed by atoms with Crippen LogP contribution >= 0.6 is 22.6 Å². The van der Waals surface area contributed by atoms with Crippen molar-refractivity contribution in [1.29, 1.82) is 0 Å². The molecule has 0 bridgehead atoms. The fourth-order valence-electron chi connectivity index (χ4n) is 3.98. The Balaban J connectivity index is 1.43. The van der Waals surface area contributed by atoms with E-state index in [-0.39, 0.29) is 24.1 Å². The average molecular weight is 531 g/mol. The number of piperidine rings is 1. The van der Waals surface area contributed by atoms with Gasteiger partial charge in [0.1, 0.15) is 6.04 Å². The van der Waals surface area contributed by atoms with Gasteiger partial charge in [-0.1, -0.05) is 40.8 Å². The predicted molar refractivity (Wildman–Crippen MR) is 123 cm³/mol. The van der Waals surface area contributed by atoms with Crippen LogP contribution in [0.4, 0.5) is 0 Å². The SMILES string of the molecule is Cc1ccc(C(=O)NCc2ccc3c(c2)CN(C2CCC(=O)NC2=O)C3=O)cc1CI. The monoisotopic (exact) mass is 531 g/mol. The number of hydrogen-bond donors (Lipinski definition) is 2. The number of fused-ring (bicyclic) bond motifs is 1. The van der Waals surface area contributed by atoms with E-state index in [0.717, 1.165) is 26.7 Å². The number of carbonyl (C=O) groups excluding carboxylic acids is 4. The summed E-state index contributed by atoms with van der Waals surface area (Å²) in [7, 11) is 0.